The highest BCUT2D eigenvalue weighted by molar-refractivity contribution is 5.82. The summed E-state index contributed by atoms with van der Waals surface area (Å²) in [4.78, 5) is 16.9. The molecule has 0 aromatic carbocycles. The van der Waals surface area contributed by atoms with Crippen LogP contribution in [0.25, 0.3) is 0 Å². The predicted molar refractivity (Wildman–Crippen MR) is 79.3 cm³/mol. The molecule has 1 saturated heterocycles. The summed E-state index contributed by atoms with van der Waals surface area (Å²) in [7, 11) is 4.40. The first-order chi connectivity index (χ1) is 8.87. The molecule has 110 valence electrons. The summed E-state index contributed by atoms with van der Waals surface area (Å²) in [5.74, 6) is 0.756. The lowest BCUT2D eigenvalue weighted by Crippen LogP contribution is -2.42. The Hall–Kier alpha value is -0.410. The van der Waals surface area contributed by atoms with Gasteiger partial charge < -0.3 is 9.80 Å². The molecule has 2 unspecified atom stereocenters. The number of nitrogens with zero attached hydrogens (tertiary/aromatic N) is 2. The summed E-state index contributed by atoms with van der Waals surface area (Å²) in [6, 6.07) is 0.691. The largest absolute Gasteiger partial charge is 0.304 e. The van der Waals surface area contributed by atoms with Gasteiger partial charge in [0.25, 0.3) is 0 Å². The predicted octanol–water partition coefficient (Wildman–Crippen LogP) is 2.41. The normalized spacial score (nSPS) is 32.2. The Morgan fingerprint density at radius 1 is 1.37 bits per heavy atom. The van der Waals surface area contributed by atoms with Crippen molar-refractivity contribution in [3.05, 3.63) is 0 Å². The number of carbonyl (C=O) groups is 1. The molecule has 0 radical (unpaired) electrons. The Balaban J connectivity index is 1.83. The molecule has 2 atom stereocenters. The van der Waals surface area contributed by atoms with Crippen LogP contribution >= 0.6 is 0 Å². The van der Waals surface area contributed by atoms with E-state index in [0.717, 1.165) is 32.4 Å². The molecule has 3 nitrogen and oxygen atoms in total. The third-order valence-electron chi connectivity index (χ3n) is 5.03. The van der Waals surface area contributed by atoms with E-state index in [1.165, 1.54) is 19.4 Å². The van der Waals surface area contributed by atoms with Gasteiger partial charge in [0.1, 0.15) is 5.78 Å². The summed E-state index contributed by atoms with van der Waals surface area (Å²) in [6.07, 6.45) is 5.55. The van der Waals surface area contributed by atoms with Crippen LogP contribution in [0.4, 0.5) is 0 Å². The molecule has 1 aliphatic carbocycles. The Kier molecular flexibility index (Phi) is 4.67. The van der Waals surface area contributed by atoms with Gasteiger partial charge in [-0.25, -0.2) is 0 Å². The minimum absolute atomic E-state index is 0.264. The molecule has 0 N–H and O–H groups in total. The minimum Gasteiger partial charge on any atom is -0.304 e. The molecular formula is C16H30N2O. The van der Waals surface area contributed by atoms with Gasteiger partial charge in [-0.3, -0.25) is 4.79 Å². The van der Waals surface area contributed by atoms with Gasteiger partial charge in [-0.2, -0.15) is 0 Å². The lowest BCUT2D eigenvalue weighted by molar-refractivity contribution is -0.127. The molecule has 2 rings (SSSR count). The first-order valence-electron chi connectivity index (χ1n) is 7.79. The Bertz CT molecular complexity index is 327. The fraction of sp³-hybridized carbons (Fsp3) is 0.938. The number of likely N-dealkylation sites (tertiary alicyclic amines) is 1. The van der Waals surface area contributed by atoms with Gasteiger partial charge in [0.15, 0.2) is 0 Å². The number of rotatable bonds is 4. The molecule has 3 heteroatoms. The fourth-order valence-corrected chi connectivity index (χ4v) is 3.74. The van der Waals surface area contributed by atoms with E-state index in [4.69, 9.17) is 0 Å². The number of carbonyl (C=O) groups excluding carboxylic acids is 1. The average molecular weight is 266 g/mol. The second-order valence-electron chi connectivity index (χ2n) is 7.53. The van der Waals surface area contributed by atoms with Crippen LogP contribution in [0.2, 0.25) is 0 Å². The highest BCUT2D eigenvalue weighted by atomic mass is 16.1. The molecular weight excluding hydrogens is 236 g/mol. The molecule has 0 aromatic rings. The molecule has 1 saturated carbocycles. The SMILES string of the molecule is CN(CC1CC(C)(C)CCC1=O)CC1CCCN1C. The summed E-state index contributed by atoms with van der Waals surface area (Å²) in [5, 5.41) is 0. The summed E-state index contributed by atoms with van der Waals surface area (Å²) in [6.45, 7) is 7.90. The van der Waals surface area contributed by atoms with Crippen molar-refractivity contribution in [1.29, 1.82) is 0 Å². The van der Waals surface area contributed by atoms with Crippen molar-refractivity contribution in [3.63, 3.8) is 0 Å². The molecule has 0 spiro atoms. The molecule has 1 aliphatic heterocycles. The second kappa shape index (κ2) is 5.92. The highest BCUT2D eigenvalue weighted by Crippen LogP contribution is 2.37. The van der Waals surface area contributed by atoms with Gasteiger partial charge in [-0.15, -0.1) is 0 Å². The first kappa shape index (κ1) is 15.0. The van der Waals surface area contributed by atoms with Crippen molar-refractivity contribution in [2.24, 2.45) is 11.3 Å². The first-order valence-corrected chi connectivity index (χ1v) is 7.79. The number of hydrogen-bond acceptors (Lipinski definition) is 3. The molecule has 1 heterocycles. The van der Waals surface area contributed by atoms with Crippen LogP contribution in [-0.2, 0) is 4.79 Å². The van der Waals surface area contributed by atoms with Crippen molar-refractivity contribution in [2.75, 3.05) is 33.7 Å². The van der Waals surface area contributed by atoms with Crippen LogP contribution in [0, 0.1) is 11.3 Å². The fourth-order valence-electron chi connectivity index (χ4n) is 3.74. The van der Waals surface area contributed by atoms with E-state index < -0.39 is 0 Å². The molecule has 19 heavy (non-hydrogen) atoms. The van der Waals surface area contributed by atoms with Gasteiger partial charge in [-0.05, 0) is 51.7 Å². The number of likely N-dealkylation sites (N-methyl/N-ethyl adjacent to an activating group) is 2. The summed E-state index contributed by atoms with van der Waals surface area (Å²) >= 11 is 0. The van der Waals surface area contributed by atoms with E-state index in [1.54, 1.807) is 0 Å². The minimum atomic E-state index is 0.264. The van der Waals surface area contributed by atoms with Crippen LogP contribution < -0.4 is 0 Å². The quantitative estimate of drug-likeness (QED) is 0.781. The van der Waals surface area contributed by atoms with Crippen molar-refractivity contribution >= 4 is 5.78 Å². The maximum atomic E-state index is 12.1. The molecule has 0 bridgehead atoms. The van der Waals surface area contributed by atoms with Gasteiger partial charge >= 0.3 is 0 Å². The summed E-state index contributed by atoms with van der Waals surface area (Å²) in [5.41, 5.74) is 0.351. The van der Waals surface area contributed by atoms with E-state index in [9.17, 15) is 4.79 Å². The molecule has 2 aliphatic rings. The standard InChI is InChI=1S/C16H30N2O/c1-16(2)8-7-15(19)13(10-16)11-17(3)12-14-6-5-9-18(14)4/h13-14H,5-12H2,1-4H3. The van der Waals surface area contributed by atoms with E-state index in [-0.39, 0.29) is 5.92 Å². The molecule has 0 aromatic heterocycles. The number of hydrogen-bond donors (Lipinski definition) is 0. The zero-order valence-electron chi connectivity index (χ0n) is 13.1. The number of Topliss-reactive ketones (excluding diaryl/α,β-unsaturated/α-hetero) is 1. The van der Waals surface area contributed by atoms with Crippen LogP contribution in [0.15, 0.2) is 0 Å². The van der Waals surface area contributed by atoms with Crippen LogP contribution in [0.1, 0.15) is 46.0 Å². The van der Waals surface area contributed by atoms with E-state index in [2.05, 4.69) is 37.7 Å². The molecule has 0 amide bonds. The van der Waals surface area contributed by atoms with Gasteiger partial charge in [0.2, 0.25) is 0 Å². The van der Waals surface area contributed by atoms with Crippen molar-refractivity contribution in [1.82, 2.24) is 9.80 Å². The van der Waals surface area contributed by atoms with Crippen LogP contribution in [0.5, 0.6) is 0 Å². The Morgan fingerprint density at radius 3 is 2.74 bits per heavy atom. The highest BCUT2D eigenvalue weighted by Gasteiger charge is 2.34. The van der Waals surface area contributed by atoms with Gasteiger partial charge in [0.05, 0.1) is 0 Å². The maximum Gasteiger partial charge on any atom is 0.137 e. The third kappa shape index (κ3) is 4.03. The third-order valence-corrected chi connectivity index (χ3v) is 5.03. The van der Waals surface area contributed by atoms with Crippen molar-refractivity contribution in [3.8, 4) is 0 Å². The van der Waals surface area contributed by atoms with E-state index in [1.807, 2.05) is 0 Å². The Labute approximate surface area is 118 Å². The molecule has 2 fully saturated rings. The monoisotopic (exact) mass is 266 g/mol. The smallest absolute Gasteiger partial charge is 0.137 e. The Morgan fingerprint density at radius 2 is 2.11 bits per heavy atom. The lowest BCUT2D eigenvalue weighted by atomic mass is 9.71. The van der Waals surface area contributed by atoms with E-state index >= 15 is 0 Å². The van der Waals surface area contributed by atoms with Crippen molar-refractivity contribution < 1.29 is 4.79 Å². The average Bonchev–Trinajstić information content (AvgIpc) is 2.69. The topological polar surface area (TPSA) is 23.6 Å². The second-order valence-corrected chi connectivity index (χ2v) is 7.53. The zero-order chi connectivity index (χ0) is 14.0. The van der Waals surface area contributed by atoms with E-state index in [0.29, 0.717) is 17.2 Å². The lowest BCUT2D eigenvalue weighted by Gasteiger charge is -2.36. The van der Waals surface area contributed by atoms with Crippen LogP contribution in [-0.4, -0.2) is 55.4 Å². The maximum absolute atomic E-state index is 12.1. The van der Waals surface area contributed by atoms with Crippen molar-refractivity contribution in [2.45, 2.75) is 52.0 Å². The summed E-state index contributed by atoms with van der Waals surface area (Å²) < 4.78 is 0. The van der Waals surface area contributed by atoms with Gasteiger partial charge in [0, 0.05) is 31.5 Å². The number of ketones is 1. The van der Waals surface area contributed by atoms with Gasteiger partial charge in [-0.1, -0.05) is 13.8 Å². The van der Waals surface area contributed by atoms with Crippen LogP contribution in [0.3, 0.4) is 0 Å². The zero-order valence-corrected chi connectivity index (χ0v) is 13.1.